The summed E-state index contributed by atoms with van der Waals surface area (Å²) in [6, 6.07) is 16.6. The Kier molecular flexibility index (Phi) is 5.53. The fraction of sp³-hybridized carbons (Fsp3) is 0.158. The van der Waals surface area contributed by atoms with Crippen LogP contribution >= 0.6 is 27.7 Å². The zero-order valence-electron chi connectivity index (χ0n) is 13.4. The second-order valence-corrected chi connectivity index (χ2v) is 7.29. The summed E-state index contributed by atoms with van der Waals surface area (Å²) < 4.78 is 3.21. The predicted octanol–water partition coefficient (Wildman–Crippen LogP) is 5.49. The van der Waals surface area contributed by atoms with Gasteiger partial charge in [0.15, 0.2) is 11.0 Å². The maximum atomic E-state index is 4.43. The molecule has 24 heavy (non-hydrogen) atoms. The van der Waals surface area contributed by atoms with Gasteiger partial charge in [-0.15, -0.1) is 16.8 Å². The number of rotatable bonds is 6. The van der Waals surface area contributed by atoms with E-state index in [1.54, 1.807) is 11.8 Å². The van der Waals surface area contributed by atoms with Crippen LogP contribution < -0.4 is 0 Å². The number of benzene rings is 2. The van der Waals surface area contributed by atoms with Crippen molar-refractivity contribution < 1.29 is 0 Å². The van der Waals surface area contributed by atoms with Crippen molar-refractivity contribution in [3.63, 3.8) is 0 Å². The number of aromatic nitrogens is 3. The van der Waals surface area contributed by atoms with Gasteiger partial charge >= 0.3 is 0 Å². The summed E-state index contributed by atoms with van der Waals surface area (Å²) in [5, 5.41) is 9.75. The summed E-state index contributed by atoms with van der Waals surface area (Å²) in [5.74, 6) is 1.75. The molecule has 0 bridgehead atoms. The molecule has 0 unspecified atom stereocenters. The first-order chi connectivity index (χ1) is 11.7. The first-order valence-electron chi connectivity index (χ1n) is 7.66. The lowest BCUT2D eigenvalue weighted by Crippen LogP contribution is -2.01. The maximum absolute atomic E-state index is 4.43. The number of allylic oxidation sites excluding steroid dienone is 1. The van der Waals surface area contributed by atoms with E-state index in [0.29, 0.717) is 6.54 Å². The Bertz CT molecular complexity index is 840. The predicted molar refractivity (Wildman–Crippen MR) is 104 cm³/mol. The van der Waals surface area contributed by atoms with Crippen molar-refractivity contribution in [2.45, 2.75) is 24.4 Å². The zero-order valence-corrected chi connectivity index (χ0v) is 15.8. The van der Waals surface area contributed by atoms with Gasteiger partial charge in [0.25, 0.3) is 0 Å². The number of hydrogen-bond acceptors (Lipinski definition) is 3. The van der Waals surface area contributed by atoms with Gasteiger partial charge in [0.05, 0.1) is 0 Å². The lowest BCUT2D eigenvalue weighted by atomic mass is 10.1. The lowest BCUT2D eigenvalue weighted by Gasteiger charge is -2.09. The Labute approximate surface area is 154 Å². The standard InChI is InChI=1S/C19H18BrN3S/c1-3-12-23-18(17-7-5-4-6-14(17)2)21-22-19(23)24-13-15-8-10-16(20)11-9-15/h3-11H,1,12-13H2,2H3. The van der Waals surface area contributed by atoms with Gasteiger partial charge in [-0.05, 0) is 30.2 Å². The molecule has 0 aliphatic rings. The van der Waals surface area contributed by atoms with Gasteiger partial charge < -0.3 is 0 Å². The van der Waals surface area contributed by atoms with E-state index in [2.05, 4.69) is 80.6 Å². The Morgan fingerprint density at radius 2 is 1.88 bits per heavy atom. The van der Waals surface area contributed by atoms with Crippen LogP contribution in [0.1, 0.15) is 11.1 Å². The molecule has 0 radical (unpaired) electrons. The Hall–Kier alpha value is -1.85. The first kappa shape index (κ1) is 17.0. The van der Waals surface area contributed by atoms with Crippen LogP contribution in [-0.2, 0) is 12.3 Å². The van der Waals surface area contributed by atoms with E-state index in [9.17, 15) is 0 Å². The van der Waals surface area contributed by atoms with E-state index in [1.807, 2.05) is 18.2 Å². The van der Waals surface area contributed by atoms with Crippen LogP contribution in [0.5, 0.6) is 0 Å². The minimum Gasteiger partial charge on any atom is -0.298 e. The summed E-state index contributed by atoms with van der Waals surface area (Å²) in [4.78, 5) is 0. The van der Waals surface area contributed by atoms with Crippen LogP contribution in [0.15, 0.2) is 70.8 Å². The highest BCUT2D eigenvalue weighted by Gasteiger charge is 2.14. The van der Waals surface area contributed by atoms with Gasteiger partial charge in [0.2, 0.25) is 0 Å². The van der Waals surface area contributed by atoms with E-state index >= 15 is 0 Å². The maximum Gasteiger partial charge on any atom is 0.192 e. The van der Waals surface area contributed by atoms with Crippen molar-refractivity contribution >= 4 is 27.7 Å². The van der Waals surface area contributed by atoms with Crippen LogP contribution in [0.3, 0.4) is 0 Å². The third kappa shape index (κ3) is 3.79. The smallest absolute Gasteiger partial charge is 0.192 e. The molecule has 0 aliphatic heterocycles. The molecule has 1 heterocycles. The van der Waals surface area contributed by atoms with Crippen molar-refractivity contribution in [3.05, 3.63) is 76.8 Å². The molecule has 0 atom stereocenters. The summed E-state index contributed by atoms with van der Waals surface area (Å²) in [5.41, 5.74) is 3.57. The monoisotopic (exact) mass is 399 g/mol. The third-order valence-electron chi connectivity index (χ3n) is 3.70. The van der Waals surface area contributed by atoms with Gasteiger partial charge in [-0.2, -0.15) is 0 Å². The molecule has 0 amide bonds. The van der Waals surface area contributed by atoms with E-state index in [0.717, 1.165) is 26.8 Å². The second kappa shape index (κ2) is 7.81. The fourth-order valence-electron chi connectivity index (χ4n) is 2.44. The quantitative estimate of drug-likeness (QED) is 0.405. The first-order valence-corrected chi connectivity index (χ1v) is 9.44. The molecule has 5 heteroatoms. The van der Waals surface area contributed by atoms with Crippen molar-refractivity contribution in [1.29, 1.82) is 0 Å². The van der Waals surface area contributed by atoms with Gasteiger partial charge in [-0.25, -0.2) is 0 Å². The molecule has 3 aromatic rings. The van der Waals surface area contributed by atoms with Crippen LogP contribution in [-0.4, -0.2) is 14.8 Å². The zero-order chi connectivity index (χ0) is 16.9. The second-order valence-electron chi connectivity index (χ2n) is 5.44. The molecule has 0 N–H and O–H groups in total. The van der Waals surface area contributed by atoms with E-state index < -0.39 is 0 Å². The van der Waals surface area contributed by atoms with Crippen molar-refractivity contribution in [3.8, 4) is 11.4 Å². The van der Waals surface area contributed by atoms with Gasteiger partial charge in [0.1, 0.15) is 0 Å². The van der Waals surface area contributed by atoms with Crippen LogP contribution in [0.25, 0.3) is 11.4 Å². The SMILES string of the molecule is C=CCn1c(SCc2ccc(Br)cc2)nnc1-c1ccccc1C. The number of aryl methyl sites for hydroxylation is 1. The van der Waals surface area contributed by atoms with Gasteiger partial charge in [-0.3, -0.25) is 4.57 Å². The number of hydrogen-bond donors (Lipinski definition) is 0. The highest BCUT2D eigenvalue weighted by molar-refractivity contribution is 9.10. The summed E-state index contributed by atoms with van der Waals surface area (Å²) in [6.45, 7) is 6.66. The van der Waals surface area contributed by atoms with E-state index in [1.165, 1.54) is 11.1 Å². The molecule has 3 nitrogen and oxygen atoms in total. The number of thioether (sulfide) groups is 1. The van der Waals surface area contributed by atoms with Crippen LogP contribution in [0.4, 0.5) is 0 Å². The van der Waals surface area contributed by atoms with Crippen molar-refractivity contribution in [2.24, 2.45) is 0 Å². The highest BCUT2D eigenvalue weighted by atomic mass is 79.9. The van der Waals surface area contributed by atoms with E-state index in [-0.39, 0.29) is 0 Å². The number of nitrogens with zero attached hydrogens (tertiary/aromatic N) is 3. The van der Waals surface area contributed by atoms with Gasteiger partial charge in [-0.1, -0.05) is 70.2 Å². The van der Waals surface area contributed by atoms with Crippen LogP contribution in [0.2, 0.25) is 0 Å². The normalized spacial score (nSPS) is 10.8. The lowest BCUT2D eigenvalue weighted by molar-refractivity contribution is 0.731. The van der Waals surface area contributed by atoms with Crippen LogP contribution in [0, 0.1) is 6.92 Å². The largest absolute Gasteiger partial charge is 0.298 e. The molecule has 122 valence electrons. The van der Waals surface area contributed by atoms with Gasteiger partial charge in [0, 0.05) is 22.3 Å². The highest BCUT2D eigenvalue weighted by Crippen LogP contribution is 2.28. The number of halogens is 1. The molecule has 3 rings (SSSR count). The molecule has 0 saturated heterocycles. The summed E-state index contributed by atoms with van der Waals surface area (Å²) in [6.07, 6.45) is 1.88. The summed E-state index contributed by atoms with van der Waals surface area (Å²) >= 11 is 5.16. The molecule has 2 aromatic carbocycles. The van der Waals surface area contributed by atoms with Crippen molar-refractivity contribution in [2.75, 3.05) is 0 Å². The average Bonchev–Trinajstić information content (AvgIpc) is 2.98. The minimum atomic E-state index is 0.694. The van der Waals surface area contributed by atoms with E-state index in [4.69, 9.17) is 0 Å². The minimum absolute atomic E-state index is 0.694. The Morgan fingerprint density at radius 1 is 1.12 bits per heavy atom. The molecular formula is C19H18BrN3S. The molecular weight excluding hydrogens is 382 g/mol. The topological polar surface area (TPSA) is 30.7 Å². The van der Waals surface area contributed by atoms with Crippen molar-refractivity contribution in [1.82, 2.24) is 14.8 Å². The molecule has 0 saturated carbocycles. The molecule has 0 fully saturated rings. The summed E-state index contributed by atoms with van der Waals surface area (Å²) in [7, 11) is 0. The Morgan fingerprint density at radius 3 is 2.58 bits per heavy atom. The molecule has 1 aromatic heterocycles. The third-order valence-corrected chi connectivity index (χ3v) is 5.26. The fourth-order valence-corrected chi connectivity index (χ4v) is 3.61. The average molecular weight is 400 g/mol. The molecule has 0 aliphatic carbocycles. The Balaban J connectivity index is 1.87. The molecule has 0 spiro atoms.